The Morgan fingerprint density at radius 3 is 2.80 bits per heavy atom. The Morgan fingerprint density at radius 1 is 1.35 bits per heavy atom. The summed E-state index contributed by atoms with van der Waals surface area (Å²) in [6, 6.07) is 8.00. The maximum absolute atomic E-state index is 14.1. The molecular weight excluding hydrogens is 279 g/mol. The maximum Gasteiger partial charge on any atom is 0.254 e. The Bertz CT molecular complexity index is 671. The van der Waals surface area contributed by atoms with Crippen LogP contribution in [0.25, 0.3) is 11.3 Å². The van der Waals surface area contributed by atoms with Crippen LogP contribution in [0.15, 0.2) is 36.5 Å². The average Bonchev–Trinajstić information content (AvgIpc) is 3.23. The van der Waals surface area contributed by atoms with Crippen LogP contribution in [-0.4, -0.2) is 16.9 Å². The van der Waals surface area contributed by atoms with Gasteiger partial charge in [-0.15, -0.1) is 0 Å². The van der Waals surface area contributed by atoms with Crippen molar-refractivity contribution < 1.29 is 9.18 Å². The molecule has 0 radical (unpaired) electrons. The van der Waals surface area contributed by atoms with Crippen LogP contribution in [-0.2, 0) is 0 Å². The zero-order valence-corrected chi connectivity index (χ0v) is 11.3. The van der Waals surface area contributed by atoms with Crippen LogP contribution in [0.4, 0.5) is 4.39 Å². The molecule has 0 aliphatic heterocycles. The number of aromatic nitrogens is 1. The molecule has 5 heteroatoms. The molecule has 0 unspecified atom stereocenters. The molecule has 1 fully saturated rings. The lowest BCUT2D eigenvalue weighted by atomic mass is 10.1. The normalized spacial score (nSPS) is 14.1. The van der Waals surface area contributed by atoms with Gasteiger partial charge in [0.2, 0.25) is 0 Å². The summed E-state index contributed by atoms with van der Waals surface area (Å²) in [5.74, 6) is -0.939. The number of carbonyl (C=O) groups excluding carboxylic acids is 1. The molecule has 1 aliphatic rings. The van der Waals surface area contributed by atoms with E-state index in [4.69, 9.17) is 11.6 Å². The molecule has 0 atom stereocenters. The summed E-state index contributed by atoms with van der Waals surface area (Å²) in [4.78, 5) is 16.0. The van der Waals surface area contributed by atoms with E-state index >= 15 is 0 Å². The number of benzene rings is 1. The molecule has 3 rings (SSSR count). The third kappa shape index (κ3) is 2.65. The van der Waals surface area contributed by atoms with Crippen LogP contribution < -0.4 is 5.32 Å². The van der Waals surface area contributed by atoms with E-state index in [1.807, 2.05) is 0 Å². The summed E-state index contributed by atoms with van der Waals surface area (Å²) < 4.78 is 14.1. The molecule has 20 heavy (non-hydrogen) atoms. The first kappa shape index (κ1) is 13.1. The monoisotopic (exact) mass is 290 g/mol. The van der Waals surface area contributed by atoms with Crippen molar-refractivity contribution in [2.75, 3.05) is 0 Å². The van der Waals surface area contributed by atoms with Crippen molar-refractivity contribution in [3.05, 3.63) is 52.9 Å². The maximum atomic E-state index is 14.1. The van der Waals surface area contributed by atoms with E-state index in [0.717, 1.165) is 12.8 Å². The molecule has 0 spiro atoms. The third-order valence-corrected chi connectivity index (χ3v) is 3.46. The van der Waals surface area contributed by atoms with Gasteiger partial charge in [-0.3, -0.25) is 9.78 Å². The van der Waals surface area contributed by atoms with Crippen molar-refractivity contribution in [3.8, 4) is 11.3 Å². The molecule has 1 amide bonds. The second-order valence-electron chi connectivity index (χ2n) is 4.78. The number of carbonyl (C=O) groups is 1. The Kier molecular flexibility index (Phi) is 3.40. The van der Waals surface area contributed by atoms with Crippen LogP contribution in [0.5, 0.6) is 0 Å². The first-order valence-corrected chi connectivity index (χ1v) is 6.74. The van der Waals surface area contributed by atoms with E-state index in [0.29, 0.717) is 16.3 Å². The lowest BCUT2D eigenvalue weighted by Gasteiger charge is -2.07. The number of rotatable bonds is 3. The highest BCUT2D eigenvalue weighted by molar-refractivity contribution is 6.33. The number of nitrogens with one attached hydrogen (secondary N) is 1. The van der Waals surface area contributed by atoms with Gasteiger partial charge >= 0.3 is 0 Å². The molecule has 1 heterocycles. The number of nitrogens with zero attached hydrogens (tertiary/aromatic N) is 1. The fourth-order valence-electron chi connectivity index (χ4n) is 1.94. The topological polar surface area (TPSA) is 42.0 Å². The largest absolute Gasteiger partial charge is 0.349 e. The van der Waals surface area contributed by atoms with Gasteiger partial charge in [0.1, 0.15) is 5.82 Å². The van der Waals surface area contributed by atoms with Crippen LogP contribution in [0.3, 0.4) is 0 Å². The van der Waals surface area contributed by atoms with Gasteiger partial charge in [0.25, 0.3) is 5.91 Å². The van der Waals surface area contributed by atoms with E-state index in [2.05, 4.69) is 10.3 Å². The first-order valence-electron chi connectivity index (χ1n) is 6.36. The van der Waals surface area contributed by atoms with Crippen molar-refractivity contribution in [2.24, 2.45) is 0 Å². The molecule has 1 aliphatic carbocycles. The highest BCUT2D eigenvalue weighted by atomic mass is 35.5. The van der Waals surface area contributed by atoms with Crippen molar-refractivity contribution in [1.82, 2.24) is 10.3 Å². The number of hydrogen-bond acceptors (Lipinski definition) is 2. The molecular formula is C15H12ClFN2O. The summed E-state index contributed by atoms with van der Waals surface area (Å²) in [6.45, 7) is 0. The molecule has 102 valence electrons. The third-order valence-electron chi connectivity index (χ3n) is 3.16. The predicted molar refractivity (Wildman–Crippen MR) is 75.1 cm³/mol. The lowest BCUT2D eigenvalue weighted by Crippen LogP contribution is -2.26. The van der Waals surface area contributed by atoms with Crippen LogP contribution >= 0.6 is 11.6 Å². The quantitative estimate of drug-likeness (QED) is 0.941. The number of pyridine rings is 1. The highest BCUT2D eigenvalue weighted by Gasteiger charge is 2.25. The second kappa shape index (κ2) is 5.21. The van der Waals surface area contributed by atoms with Crippen LogP contribution in [0, 0.1) is 5.82 Å². The molecule has 1 aromatic carbocycles. The summed E-state index contributed by atoms with van der Waals surface area (Å²) in [7, 11) is 0. The minimum absolute atomic E-state index is 0.0488. The minimum atomic E-state index is -0.567. The zero-order valence-electron chi connectivity index (χ0n) is 10.6. The number of amides is 1. The van der Waals surface area contributed by atoms with Crippen molar-refractivity contribution in [2.45, 2.75) is 18.9 Å². The van der Waals surface area contributed by atoms with Gasteiger partial charge in [0.15, 0.2) is 0 Å². The zero-order chi connectivity index (χ0) is 14.1. The Hall–Kier alpha value is -1.94. The molecule has 0 saturated heterocycles. The Balaban J connectivity index is 1.90. The van der Waals surface area contributed by atoms with Gasteiger partial charge in [-0.25, -0.2) is 4.39 Å². The molecule has 3 nitrogen and oxygen atoms in total. The van der Waals surface area contributed by atoms with Gasteiger partial charge in [-0.05, 0) is 37.1 Å². The van der Waals surface area contributed by atoms with Crippen LogP contribution in [0.2, 0.25) is 5.02 Å². The van der Waals surface area contributed by atoms with Crippen molar-refractivity contribution in [3.63, 3.8) is 0 Å². The fraction of sp³-hybridized carbons (Fsp3) is 0.200. The van der Waals surface area contributed by atoms with E-state index < -0.39 is 5.82 Å². The SMILES string of the molecule is O=C(NC1CC1)c1ccc(-c2ncccc2Cl)cc1F. The van der Waals surface area contributed by atoms with Crippen molar-refractivity contribution >= 4 is 17.5 Å². The summed E-state index contributed by atoms with van der Waals surface area (Å²) in [5, 5.41) is 3.21. The van der Waals surface area contributed by atoms with Gasteiger partial charge in [0.05, 0.1) is 16.3 Å². The summed E-state index contributed by atoms with van der Waals surface area (Å²) in [5.41, 5.74) is 1.10. The summed E-state index contributed by atoms with van der Waals surface area (Å²) in [6.07, 6.45) is 3.52. The van der Waals surface area contributed by atoms with E-state index in [-0.39, 0.29) is 17.5 Å². The minimum Gasteiger partial charge on any atom is -0.349 e. The molecule has 1 aromatic heterocycles. The van der Waals surface area contributed by atoms with Crippen molar-refractivity contribution in [1.29, 1.82) is 0 Å². The van der Waals surface area contributed by atoms with E-state index in [1.165, 1.54) is 12.1 Å². The number of hydrogen-bond donors (Lipinski definition) is 1. The fourth-order valence-corrected chi connectivity index (χ4v) is 2.17. The predicted octanol–water partition coefficient (Wildman–Crippen LogP) is 3.43. The molecule has 0 bridgehead atoms. The Labute approximate surface area is 120 Å². The smallest absolute Gasteiger partial charge is 0.254 e. The molecule has 1 saturated carbocycles. The van der Waals surface area contributed by atoms with Gasteiger partial charge < -0.3 is 5.32 Å². The Morgan fingerprint density at radius 2 is 2.15 bits per heavy atom. The van der Waals surface area contributed by atoms with Gasteiger partial charge in [-0.2, -0.15) is 0 Å². The standard InChI is InChI=1S/C15H12ClFN2O/c16-12-2-1-7-18-14(12)9-3-6-11(13(17)8-9)15(20)19-10-4-5-10/h1-3,6-8,10H,4-5H2,(H,19,20). The first-order chi connectivity index (χ1) is 9.65. The number of halogens is 2. The molecule has 1 N–H and O–H groups in total. The lowest BCUT2D eigenvalue weighted by molar-refractivity contribution is 0.0947. The van der Waals surface area contributed by atoms with Gasteiger partial charge in [-0.1, -0.05) is 17.7 Å². The van der Waals surface area contributed by atoms with E-state index in [9.17, 15) is 9.18 Å². The second-order valence-corrected chi connectivity index (χ2v) is 5.18. The average molecular weight is 291 g/mol. The summed E-state index contributed by atoms with van der Waals surface area (Å²) >= 11 is 6.03. The molecule has 2 aromatic rings. The van der Waals surface area contributed by atoms with E-state index in [1.54, 1.807) is 24.4 Å². The highest BCUT2D eigenvalue weighted by Crippen LogP contribution is 2.27. The van der Waals surface area contributed by atoms with Gasteiger partial charge in [0, 0.05) is 17.8 Å². The van der Waals surface area contributed by atoms with Crippen LogP contribution in [0.1, 0.15) is 23.2 Å².